The van der Waals surface area contributed by atoms with Gasteiger partial charge in [0.05, 0.1) is 16.5 Å². The summed E-state index contributed by atoms with van der Waals surface area (Å²) in [6, 6.07) is 1.34. The number of carbonyl (C=O) groups is 1. The second-order valence-electron chi connectivity index (χ2n) is 2.62. The lowest BCUT2D eigenvalue weighted by atomic mass is 10.5. The number of carboxylic acid groups (broad SMARTS) is 1. The van der Waals surface area contributed by atoms with E-state index in [1.54, 1.807) is 0 Å². The summed E-state index contributed by atoms with van der Waals surface area (Å²) in [7, 11) is 0. The number of carboxylic acids is 1. The van der Waals surface area contributed by atoms with Gasteiger partial charge in [-0.25, -0.2) is 0 Å². The zero-order valence-electron chi connectivity index (χ0n) is 7.42. The fourth-order valence-electron chi connectivity index (χ4n) is 0.810. The Hall–Kier alpha value is -0.650. The summed E-state index contributed by atoms with van der Waals surface area (Å²) in [6.45, 7) is 0. The average molecular weight is 268 g/mol. The van der Waals surface area contributed by atoms with Crippen molar-refractivity contribution >= 4 is 40.9 Å². The predicted octanol–water partition coefficient (Wildman–Crippen LogP) is 2.25. The van der Waals surface area contributed by atoms with Crippen molar-refractivity contribution in [2.45, 2.75) is 11.4 Å². The van der Waals surface area contributed by atoms with E-state index in [1.165, 1.54) is 17.8 Å². The summed E-state index contributed by atoms with van der Waals surface area (Å²) in [5.74, 6) is -0.554. The Labute approximate surface area is 99.6 Å². The van der Waals surface area contributed by atoms with Gasteiger partial charge < -0.3 is 10.1 Å². The molecule has 4 nitrogen and oxygen atoms in total. The molecule has 0 saturated heterocycles. The first-order valence-electron chi connectivity index (χ1n) is 3.93. The number of aliphatic carboxylic acids is 1. The van der Waals surface area contributed by atoms with Gasteiger partial charge in [-0.1, -0.05) is 23.2 Å². The molecule has 0 atom stereocenters. The third-order valence-electron chi connectivity index (χ3n) is 1.48. The molecule has 82 valence electrons. The van der Waals surface area contributed by atoms with Crippen LogP contribution in [0.15, 0.2) is 15.9 Å². The van der Waals surface area contributed by atoms with Gasteiger partial charge in [0.1, 0.15) is 5.02 Å². The molecule has 2 N–H and O–H groups in total. The van der Waals surface area contributed by atoms with E-state index in [-0.39, 0.29) is 11.4 Å². The summed E-state index contributed by atoms with van der Waals surface area (Å²) in [5, 5.41) is 9.19. The monoisotopic (exact) mass is 267 g/mol. The molecule has 0 aliphatic carbocycles. The van der Waals surface area contributed by atoms with Crippen LogP contribution >= 0.6 is 35.0 Å². The first-order valence-corrected chi connectivity index (χ1v) is 5.68. The van der Waals surface area contributed by atoms with Crippen LogP contribution in [0.5, 0.6) is 0 Å². The summed E-state index contributed by atoms with van der Waals surface area (Å²) in [4.78, 5) is 23.8. The molecule has 1 heterocycles. The predicted molar refractivity (Wildman–Crippen MR) is 60.1 cm³/mol. The number of pyridine rings is 1. The van der Waals surface area contributed by atoms with Gasteiger partial charge >= 0.3 is 5.97 Å². The van der Waals surface area contributed by atoms with E-state index in [0.29, 0.717) is 15.8 Å². The van der Waals surface area contributed by atoms with Gasteiger partial charge in [-0.15, -0.1) is 11.8 Å². The second kappa shape index (κ2) is 5.44. The number of rotatable bonds is 4. The zero-order chi connectivity index (χ0) is 11.4. The topological polar surface area (TPSA) is 70.2 Å². The van der Waals surface area contributed by atoms with Gasteiger partial charge in [-0.05, 0) is 6.07 Å². The van der Waals surface area contributed by atoms with Gasteiger partial charge in [0.25, 0.3) is 5.56 Å². The Kier molecular flexibility index (Phi) is 4.50. The van der Waals surface area contributed by atoms with Gasteiger partial charge in [0.2, 0.25) is 0 Å². The third-order valence-corrected chi connectivity index (χ3v) is 3.19. The molecule has 1 aromatic heterocycles. The first kappa shape index (κ1) is 12.4. The lowest BCUT2D eigenvalue weighted by molar-refractivity contribution is -0.136. The molecule has 0 amide bonds. The Morgan fingerprint density at radius 1 is 1.47 bits per heavy atom. The average Bonchev–Trinajstić information content (AvgIpc) is 2.13. The molecule has 0 aliphatic rings. The second-order valence-corrected chi connectivity index (χ2v) is 4.54. The van der Waals surface area contributed by atoms with E-state index in [0.717, 1.165) is 0 Å². The van der Waals surface area contributed by atoms with E-state index in [2.05, 4.69) is 4.98 Å². The number of aromatic nitrogens is 1. The maximum Gasteiger partial charge on any atom is 0.304 e. The lowest BCUT2D eigenvalue weighted by Gasteiger charge is -2.02. The Morgan fingerprint density at radius 3 is 2.73 bits per heavy atom. The van der Waals surface area contributed by atoms with Crippen molar-refractivity contribution in [1.82, 2.24) is 4.98 Å². The van der Waals surface area contributed by atoms with Crippen molar-refractivity contribution in [3.8, 4) is 0 Å². The molecule has 1 aromatic rings. The van der Waals surface area contributed by atoms with E-state index in [9.17, 15) is 9.59 Å². The molecule has 0 aromatic carbocycles. The summed E-state index contributed by atoms with van der Waals surface area (Å²) in [6.07, 6.45) is 0.00561. The Balaban J connectivity index is 2.73. The van der Waals surface area contributed by atoms with Crippen LogP contribution in [0.4, 0.5) is 0 Å². The largest absolute Gasteiger partial charge is 0.481 e. The van der Waals surface area contributed by atoms with E-state index >= 15 is 0 Å². The molecule has 15 heavy (non-hydrogen) atoms. The first-order chi connectivity index (χ1) is 7.00. The minimum atomic E-state index is -0.894. The van der Waals surface area contributed by atoms with Gasteiger partial charge in [-0.3, -0.25) is 9.59 Å². The standard InChI is InChI=1S/C8H7Cl2NO3S/c9-4-3-5(10)8(11-7(4)14)15-2-1-6(12)13/h3H,1-2H2,(H,11,14)(H,12,13). The maximum absolute atomic E-state index is 11.1. The van der Waals surface area contributed by atoms with Crippen molar-refractivity contribution in [2.24, 2.45) is 0 Å². The molecule has 1 rings (SSSR count). The van der Waals surface area contributed by atoms with Crippen molar-refractivity contribution in [3.63, 3.8) is 0 Å². The minimum absolute atomic E-state index is 0.00561. The number of halogens is 2. The maximum atomic E-state index is 11.1. The molecular formula is C8H7Cl2NO3S. The number of thioether (sulfide) groups is 1. The molecule has 0 unspecified atom stereocenters. The summed E-state index contributed by atoms with van der Waals surface area (Å²) < 4.78 is 0. The van der Waals surface area contributed by atoms with Crippen LogP contribution in [-0.4, -0.2) is 21.8 Å². The smallest absolute Gasteiger partial charge is 0.304 e. The summed E-state index contributed by atoms with van der Waals surface area (Å²) >= 11 is 12.5. The summed E-state index contributed by atoms with van der Waals surface area (Å²) in [5.41, 5.74) is -0.432. The molecular weight excluding hydrogens is 261 g/mol. The van der Waals surface area contributed by atoms with Crippen molar-refractivity contribution in [3.05, 3.63) is 26.5 Å². The van der Waals surface area contributed by atoms with Crippen molar-refractivity contribution in [2.75, 3.05) is 5.75 Å². The van der Waals surface area contributed by atoms with Crippen molar-refractivity contribution in [1.29, 1.82) is 0 Å². The zero-order valence-corrected chi connectivity index (χ0v) is 9.75. The lowest BCUT2D eigenvalue weighted by Crippen LogP contribution is -2.07. The Morgan fingerprint density at radius 2 is 2.13 bits per heavy atom. The molecule has 0 bridgehead atoms. The number of aromatic amines is 1. The number of nitrogens with one attached hydrogen (secondary N) is 1. The molecule has 7 heteroatoms. The molecule has 0 radical (unpaired) electrons. The van der Waals surface area contributed by atoms with Crippen molar-refractivity contribution < 1.29 is 9.90 Å². The highest BCUT2D eigenvalue weighted by molar-refractivity contribution is 7.99. The highest BCUT2D eigenvalue weighted by Crippen LogP contribution is 2.25. The number of H-pyrrole nitrogens is 1. The van der Waals surface area contributed by atoms with Gasteiger partial charge in [-0.2, -0.15) is 0 Å². The normalized spacial score (nSPS) is 10.3. The number of hydrogen-bond acceptors (Lipinski definition) is 3. The van der Waals surface area contributed by atoms with E-state index in [1.807, 2.05) is 0 Å². The molecule has 0 fully saturated rings. The highest BCUT2D eigenvalue weighted by atomic mass is 35.5. The van der Waals surface area contributed by atoms with E-state index in [4.69, 9.17) is 28.3 Å². The van der Waals surface area contributed by atoms with E-state index < -0.39 is 11.5 Å². The van der Waals surface area contributed by atoms with Crippen LogP contribution in [0.3, 0.4) is 0 Å². The van der Waals surface area contributed by atoms with Crippen LogP contribution in [0.25, 0.3) is 0 Å². The van der Waals surface area contributed by atoms with Crippen LogP contribution in [-0.2, 0) is 4.79 Å². The SMILES string of the molecule is O=C(O)CCSc1[nH]c(=O)c(Cl)cc1Cl. The quantitative estimate of drug-likeness (QED) is 0.821. The van der Waals surface area contributed by atoms with Gasteiger partial charge in [0.15, 0.2) is 0 Å². The third kappa shape index (κ3) is 3.77. The van der Waals surface area contributed by atoms with Crippen LogP contribution in [0, 0.1) is 0 Å². The molecule has 0 aliphatic heterocycles. The fraction of sp³-hybridized carbons (Fsp3) is 0.250. The van der Waals surface area contributed by atoms with Crippen LogP contribution in [0.2, 0.25) is 10.0 Å². The fourth-order valence-corrected chi connectivity index (χ4v) is 2.19. The van der Waals surface area contributed by atoms with Gasteiger partial charge in [0, 0.05) is 5.75 Å². The number of hydrogen-bond donors (Lipinski definition) is 2. The minimum Gasteiger partial charge on any atom is -0.481 e. The van der Waals surface area contributed by atoms with Crippen LogP contribution < -0.4 is 5.56 Å². The van der Waals surface area contributed by atoms with Crippen LogP contribution in [0.1, 0.15) is 6.42 Å². The Bertz CT molecular complexity index is 432. The molecule has 0 saturated carbocycles. The highest BCUT2D eigenvalue weighted by Gasteiger charge is 2.06. The molecule has 0 spiro atoms.